The van der Waals surface area contributed by atoms with Gasteiger partial charge in [0.25, 0.3) is 0 Å². The molecule has 0 saturated carbocycles. The van der Waals surface area contributed by atoms with Crippen LogP contribution in [0.3, 0.4) is 0 Å². The van der Waals surface area contributed by atoms with E-state index in [4.69, 9.17) is 4.74 Å². The molecule has 0 aliphatic rings. The lowest BCUT2D eigenvalue weighted by Crippen LogP contribution is -2.22. The second kappa shape index (κ2) is 7.52. The number of benzene rings is 1. The van der Waals surface area contributed by atoms with Gasteiger partial charge in [-0.1, -0.05) is 19.9 Å². The van der Waals surface area contributed by atoms with Crippen LogP contribution in [0.4, 0.5) is 4.39 Å². The number of hydrogen-bond donors (Lipinski definition) is 1. The van der Waals surface area contributed by atoms with E-state index < -0.39 is 0 Å². The maximum atomic E-state index is 13.4. The zero-order valence-electron chi connectivity index (χ0n) is 12.1. The molecule has 1 aromatic carbocycles. The first-order valence-corrected chi connectivity index (χ1v) is 7.60. The maximum Gasteiger partial charge on any atom is 0.141 e. The second-order valence-corrected chi connectivity index (χ2v) is 5.87. The summed E-state index contributed by atoms with van der Waals surface area (Å²) in [5.41, 5.74) is 1.79. The molecule has 21 heavy (non-hydrogen) atoms. The molecular weight excluding hydrogens is 335 g/mol. The minimum absolute atomic E-state index is 0.316. The molecule has 1 aromatic heterocycles. The smallest absolute Gasteiger partial charge is 0.141 e. The minimum Gasteiger partial charge on any atom is -0.487 e. The van der Waals surface area contributed by atoms with Gasteiger partial charge in [-0.15, -0.1) is 0 Å². The van der Waals surface area contributed by atoms with E-state index in [1.807, 2.05) is 18.2 Å². The molecule has 3 nitrogen and oxygen atoms in total. The first kappa shape index (κ1) is 15.9. The third-order valence-corrected chi connectivity index (χ3v) is 3.48. The Morgan fingerprint density at radius 1 is 1.24 bits per heavy atom. The summed E-state index contributed by atoms with van der Waals surface area (Å²) in [5, 5.41) is 3.32. The van der Waals surface area contributed by atoms with Gasteiger partial charge in [0.2, 0.25) is 0 Å². The third-order valence-electron chi connectivity index (χ3n) is 2.83. The SMILES string of the molecule is CC(C)NCc1cccc(COc2ccc(Br)c(F)c2)n1. The van der Waals surface area contributed by atoms with E-state index in [2.05, 4.69) is 40.1 Å². The molecule has 0 unspecified atom stereocenters. The van der Waals surface area contributed by atoms with Crippen molar-refractivity contribution in [2.45, 2.75) is 33.0 Å². The monoisotopic (exact) mass is 352 g/mol. The Morgan fingerprint density at radius 2 is 2.00 bits per heavy atom. The van der Waals surface area contributed by atoms with E-state index in [9.17, 15) is 4.39 Å². The number of rotatable bonds is 6. The van der Waals surface area contributed by atoms with Crippen LogP contribution in [-0.4, -0.2) is 11.0 Å². The molecule has 0 spiro atoms. The van der Waals surface area contributed by atoms with E-state index in [-0.39, 0.29) is 5.82 Å². The number of nitrogens with zero attached hydrogens (tertiary/aromatic N) is 1. The molecule has 0 saturated heterocycles. The Hall–Kier alpha value is -1.46. The predicted molar refractivity (Wildman–Crippen MR) is 84.6 cm³/mol. The molecule has 0 atom stereocenters. The van der Waals surface area contributed by atoms with E-state index in [0.717, 1.165) is 17.9 Å². The van der Waals surface area contributed by atoms with Gasteiger partial charge in [-0.25, -0.2) is 4.39 Å². The van der Waals surface area contributed by atoms with Gasteiger partial charge in [-0.2, -0.15) is 0 Å². The highest BCUT2D eigenvalue weighted by Gasteiger charge is 2.03. The average molecular weight is 353 g/mol. The predicted octanol–water partition coefficient (Wildman–Crippen LogP) is 4.06. The summed E-state index contributed by atoms with van der Waals surface area (Å²) in [4.78, 5) is 4.51. The Morgan fingerprint density at radius 3 is 2.71 bits per heavy atom. The second-order valence-electron chi connectivity index (χ2n) is 5.02. The summed E-state index contributed by atoms with van der Waals surface area (Å²) in [6.07, 6.45) is 0. The van der Waals surface area contributed by atoms with Gasteiger partial charge >= 0.3 is 0 Å². The van der Waals surface area contributed by atoms with Crippen LogP contribution in [0.25, 0.3) is 0 Å². The lowest BCUT2D eigenvalue weighted by atomic mass is 10.3. The van der Waals surface area contributed by atoms with Crippen molar-refractivity contribution in [3.63, 3.8) is 0 Å². The molecule has 0 amide bonds. The fourth-order valence-corrected chi connectivity index (χ4v) is 1.99. The highest BCUT2D eigenvalue weighted by Crippen LogP contribution is 2.21. The summed E-state index contributed by atoms with van der Waals surface area (Å²) in [7, 11) is 0. The Bertz CT molecular complexity index is 605. The van der Waals surface area contributed by atoms with E-state index in [1.165, 1.54) is 6.07 Å². The first-order valence-electron chi connectivity index (χ1n) is 6.80. The number of halogens is 2. The molecule has 2 aromatic rings. The van der Waals surface area contributed by atoms with Crippen LogP contribution in [0.2, 0.25) is 0 Å². The van der Waals surface area contributed by atoms with Gasteiger partial charge in [-0.05, 0) is 40.2 Å². The van der Waals surface area contributed by atoms with Crippen molar-refractivity contribution < 1.29 is 9.13 Å². The molecule has 2 rings (SSSR count). The van der Waals surface area contributed by atoms with Crippen molar-refractivity contribution >= 4 is 15.9 Å². The molecule has 0 aliphatic carbocycles. The van der Waals surface area contributed by atoms with Crippen molar-refractivity contribution in [3.05, 3.63) is 58.1 Å². The van der Waals surface area contributed by atoms with Crippen LogP contribution in [0.5, 0.6) is 5.75 Å². The summed E-state index contributed by atoms with van der Waals surface area (Å²) < 4.78 is 19.4. The molecule has 1 N–H and O–H groups in total. The molecule has 1 heterocycles. The maximum absolute atomic E-state index is 13.4. The summed E-state index contributed by atoms with van der Waals surface area (Å²) >= 11 is 3.11. The Balaban J connectivity index is 1.96. The average Bonchev–Trinajstić information content (AvgIpc) is 2.47. The van der Waals surface area contributed by atoms with Gasteiger partial charge in [-0.3, -0.25) is 4.98 Å². The topological polar surface area (TPSA) is 34.1 Å². The van der Waals surface area contributed by atoms with Crippen molar-refractivity contribution in [2.75, 3.05) is 0 Å². The Labute approximate surface area is 132 Å². The lowest BCUT2D eigenvalue weighted by molar-refractivity contribution is 0.299. The lowest BCUT2D eigenvalue weighted by Gasteiger charge is -2.10. The Kier molecular flexibility index (Phi) is 5.70. The van der Waals surface area contributed by atoms with E-state index in [1.54, 1.807) is 12.1 Å². The van der Waals surface area contributed by atoms with Crippen LogP contribution in [-0.2, 0) is 13.2 Å². The number of ether oxygens (including phenoxy) is 1. The van der Waals surface area contributed by atoms with Crippen LogP contribution in [0.1, 0.15) is 25.2 Å². The largest absolute Gasteiger partial charge is 0.487 e. The summed E-state index contributed by atoms with van der Waals surface area (Å²) in [5.74, 6) is 0.151. The van der Waals surface area contributed by atoms with Gasteiger partial charge in [0, 0.05) is 18.7 Å². The van der Waals surface area contributed by atoms with Crippen molar-refractivity contribution in [1.29, 1.82) is 0 Å². The van der Waals surface area contributed by atoms with Crippen molar-refractivity contribution in [1.82, 2.24) is 10.3 Å². The van der Waals surface area contributed by atoms with Gasteiger partial charge in [0.1, 0.15) is 18.2 Å². The zero-order valence-corrected chi connectivity index (χ0v) is 13.7. The zero-order chi connectivity index (χ0) is 15.2. The molecule has 0 fully saturated rings. The fraction of sp³-hybridized carbons (Fsp3) is 0.312. The number of hydrogen-bond acceptors (Lipinski definition) is 3. The molecule has 0 bridgehead atoms. The van der Waals surface area contributed by atoms with Crippen LogP contribution in [0.15, 0.2) is 40.9 Å². The highest BCUT2D eigenvalue weighted by molar-refractivity contribution is 9.10. The summed E-state index contributed by atoms with van der Waals surface area (Å²) in [6, 6.07) is 10.9. The van der Waals surface area contributed by atoms with Gasteiger partial charge in [0.05, 0.1) is 15.9 Å². The highest BCUT2D eigenvalue weighted by atomic mass is 79.9. The van der Waals surface area contributed by atoms with Gasteiger partial charge in [0.15, 0.2) is 0 Å². The number of aromatic nitrogens is 1. The fourth-order valence-electron chi connectivity index (χ4n) is 1.74. The van der Waals surface area contributed by atoms with Crippen molar-refractivity contribution in [3.8, 4) is 5.75 Å². The third kappa shape index (κ3) is 5.10. The quantitative estimate of drug-likeness (QED) is 0.851. The van der Waals surface area contributed by atoms with Gasteiger partial charge < -0.3 is 10.1 Å². The van der Waals surface area contributed by atoms with E-state index >= 15 is 0 Å². The summed E-state index contributed by atoms with van der Waals surface area (Å²) in [6.45, 7) is 5.22. The molecule has 5 heteroatoms. The molecule has 0 radical (unpaired) electrons. The normalized spacial score (nSPS) is 10.9. The van der Waals surface area contributed by atoms with Crippen LogP contribution in [0, 0.1) is 5.82 Å². The van der Waals surface area contributed by atoms with Crippen LogP contribution < -0.4 is 10.1 Å². The molecule has 0 aliphatic heterocycles. The van der Waals surface area contributed by atoms with Crippen molar-refractivity contribution in [2.24, 2.45) is 0 Å². The standard InChI is InChI=1S/C16H18BrFN2O/c1-11(2)19-9-12-4-3-5-13(20-12)10-21-14-6-7-15(17)16(18)8-14/h3-8,11,19H,9-10H2,1-2H3. The van der Waals surface area contributed by atoms with Crippen LogP contribution >= 0.6 is 15.9 Å². The molecule has 112 valence electrons. The first-order chi connectivity index (χ1) is 10.0. The minimum atomic E-state index is -0.338. The number of pyridine rings is 1. The number of nitrogens with one attached hydrogen (secondary N) is 1. The molecular formula is C16H18BrFN2O. The van der Waals surface area contributed by atoms with E-state index in [0.29, 0.717) is 22.9 Å².